The standard InChI is InChI=1S/C11H24N2O/c1-10-11(6-4-7-12-10)14-9-5-8-13(2)3/h10-12H,4-9H2,1-3H3. The summed E-state index contributed by atoms with van der Waals surface area (Å²) in [6.07, 6.45) is 4.04. The number of hydrogen-bond acceptors (Lipinski definition) is 3. The summed E-state index contributed by atoms with van der Waals surface area (Å²) in [5, 5.41) is 3.45. The Hall–Kier alpha value is -0.120. The molecule has 1 aliphatic rings. The normalized spacial score (nSPS) is 28.3. The summed E-state index contributed by atoms with van der Waals surface area (Å²) in [4.78, 5) is 2.20. The van der Waals surface area contributed by atoms with Gasteiger partial charge in [-0.05, 0) is 53.4 Å². The largest absolute Gasteiger partial charge is 0.377 e. The third-order valence-electron chi connectivity index (χ3n) is 2.77. The van der Waals surface area contributed by atoms with Gasteiger partial charge in [0.2, 0.25) is 0 Å². The summed E-state index contributed by atoms with van der Waals surface area (Å²) >= 11 is 0. The average molecular weight is 200 g/mol. The molecule has 1 heterocycles. The molecular formula is C11H24N2O. The van der Waals surface area contributed by atoms with Crippen LogP contribution in [0, 0.1) is 0 Å². The van der Waals surface area contributed by atoms with E-state index in [1.54, 1.807) is 0 Å². The molecule has 0 aromatic rings. The molecule has 0 amide bonds. The van der Waals surface area contributed by atoms with Gasteiger partial charge in [0, 0.05) is 12.6 Å². The topological polar surface area (TPSA) is 24.5 Å². The van der Waals surface area contributed by atoms with E-state index in [9.17, 15) is 0 Å². The predicted octanol–water partition coefficient (Wildman–Crippen LogP) is 1.10. The lowest BCUT2D eigenvalue weighted by molar-refractivity contribution is 0.00969. The molecule has 0 saturated carbocycles. The fraction of sp³-hybridized carbons (Fsp3) is 1.00. The predicted molar refractivity (Wildman–Crippen MR) is 59.6 cm³/mol. The lowest BCUT2D eigenvalue weighted by atomic mass is 10.0. The van der Waals surface area contributed by atoms with Crippen LogP contribution in [0.2, 0.25) is 0 Å². The van der Waals surface area contributed by atoms with Crippen molar-refractivity contribution in [3.63, 3.8) is 0 Å². The maximum atomic E-state index is 5.86. The van der Waals surface area contributed by atoms with Crippen LogP contribution >= 0.6 is 0 Å². The highest BCUT2D eigenvalue weighted by molar-refractivity contribution is 4.77. The zero-order chi connectivity index (χ0) is 10.4. The maximum absolute atomic E-state index is 5.86. The van der Waals surface area contributed by atoms with Crippen molar-refractivity contribution in [3.05, 3.63) is 0 Å². The summed E-state index contributed by atoms with van der Waals surface area (Å²) in [6.45, 7) is 5.39. The van der Waals surface area contributed by atoms with Crippen molar-refractivity contribution in [1.29, 1.82) is 0 Å². The molecule has 84 valence electrons. The van der Waals surface area contributed by atoms with Gasteiger partial charge in [-0.25, -0.2) is 0 Å². The minimum Gasteiger partial charge on any atom is -0.377 e. The molecule has 0 aromatic heterocycles. The highest BCUT2D eigenvalue weighted by atomic mass is 16.5. The molecule has 0 radical (unpaired) electrons. The van der Waals surface area contributed by atoms with Crippen LogP contribution < -0.4 is 5.32 Å². The van der Waals surface area contributed by atoms with Gasteiger partial charge in [0.1, 0.15) is 0 Å². The molecule has 1 N–H and O–H groups in total. The Kier molecular flexibility index (Phi) is 5.45. The van der Waals surface area contributed by atoms with Gasteiger partial charge < -0.3 is 15.0 Å². The van der Waals surface area contributed by atoms with E-state index in [2.05, 4.69) is 31.2 Å². The molecule has 3 heteroatoms. The monoisotopic (exact) mass is 200 g/mol. The molecule has 14 heavy (non-hydrogen) atoms. The molecule has 0 aliphatic carbocycles. The lowest BCUT2D eigenvalue weighted by Gasteiger charge is -2.30. The SMILES string of the molecule is CC1NCCCC1OCCCN(C)C. The van der Waals surface area contributed by atoms with Crippen molar-refractivity contribution >= 4 is 0 Å². The highest BCUT2D eigenvalue weighted by Gasteiger charge is 2.20. The van der Waals surface area contributed by atoms with E-state index in [-0.39, 0.29) is 0 Å². The Morgan fingerprint density at radius 2 is 2.21 bits per heavy atom. The van der Waals surface area contributed by atoms with Crippen LogP contribution in [-0.2, 0) is 4.74 Å². The zero-order valence-electron chi connectivity index (χ0n) is 9.75. The van der Waals surface area contributed by atoms with E-state index in [1.165, 1.54) is 12.8 Å². The van der Waals surface area contributed by atoms with E-state index in [1.807, 2.05) is 0 Å². The van der Waals surface area contributed by atoms with Crippen LogP contribution in [0.3, 0.4) is 0 Å². The first-order valence-corrected chi connectivity index (χ1v) is 5.70. The fourth-order valence-electron chi connectivity index (χ4n) is 1.86. The van der Waals surface area contributed by atoms with Gasteiger partial charge in [0.15, 0.2) is 0 Å². The molecule has 0 bridgehead atoms. The summed E-state index contributed by atoms with van der Waals surface area (Å²) in [5.74, 6) is 0. The van der Waals surface area contributed by atoms with Crippen molar-refractivity contribution in [2.24, 2.45) is 0 Å². The molecule has 1 rings (SSSR count). The molecule has 2 unspecified atom stereocenters. The van der Waals surface area contributed by atoms with Crippen LogP contribution in [0.1, 0.15) is 26.2 Å². The number of ether oxygens (including phenoxy) is 1. The van der Waals surface area contributed by atoms with E-state index in [0.29, 0.717) is 12.1 Å². The number of nitrogens with zero attached hydrogens (tertiary/aromatic N) is 1. The molecular weight excluding hydrogens is 176 g/mol. The molecule has 0 spiro atoms. The van der Waals surface area contributed by atoms with Crippen LogP contribution in [0.5, 0.6) is 0 Å². The van der Waals surface area contributed by atoms with Crippen LogP contribution in [-0.4, -0.2) is 50.8 Å². The van der Waals surface area contributed by atoms with Gasteiger partial charge in [0.25, 0.3) is 0 Å². The Balaban J connectivity index is 2.04. The Morgan fingerprint density at radius 3 is 2.86 bits per heavy atom. The van der Waals surface area contributed by atoms with Crippen molar-refractivity contribution in [3.8, 4) is 0 Å². The highest BCUT2D eigenvalue weighted by Crippen LogP contribution is 2.12. The fourth-order valence-corrected chi connectivity index (χ4v) is 1.86. The minimum absolute atomic E-state index is 0.436. The van der Waals surface area contributed by atoms with E-state index < -0.39 is 0 Å². The number of piperidine rings is 1. The zero-order valence-corrected chi connectivity index (χ0v) is 9.75. The average Bonchev–Trinajstić information content (AvgIpc) is 2.15. The van der Waals surface area contributed by atoms with E-state index >= 15 is 0 Å². The minimum atomic E-state index is 0.436. The maximum Gasteiger partial charge on any atom is 0.0725 e. The van der Waals surface area contributed by atoms with Gasteiger partial charge >= 0.3 is 0 Å². The summed E-state index contributed by atoms with van der Waals surface area (Å²) in [7, 11) is 4.20. The van der Waals surface area contributed by atoms with Gasteiger partial charge in [-0.15, -0.1) is 0 Å². The molecule has 1 fully saturated rings. The first kappa shape index (κ1) is 12.0. The Morgan fingerprint density at radius 1 is 1.43 bits per heavy atom. The summed E-state index contributed by atoms with van der Waals surface area (Å²) in [5.41, 5.74) is 0. The van der Waals surface area contributed by atoms with Crippen molar-refractivity contribution < 1.29 is 4.74 Å². The Labute approximate surface area is 87.8 Å². The van der Waals surface area contributed by atoms with E-state index in [0.717, 1.165) is 26.1 Å². The number of rotatable bonds is 5. The third kappa shape index (κ3) is 4.40. The first-order valence-electron chi connectivity index (χ1n) is 5.70. The summed E-state index contributed by atoms with van der Waals surface area (Å²) in [6, 6.07) is 0.531. The number of hydrogen-bond donors (Lipinski definition) is 1. The molecule has 3 nitrogen and oxygen atoms in total. The summed E-state index contributed by atoms with van der Waals surface area (Å²) < 4.78 is 5.86. The van der Waals surface area contributed by atoms with Crippen LogP contribution in [0.15, 0.2) is 0 Å². The van der Waals surface area contributed by atoms with Crippen molar-refractivity contribution in [2.45, 2.75) is 38.3 Å². The molecule has 2 atom stereocenters. The van der Waals surface area contributed by atoms with Crippen molar-refractivity contribution in [2.75, 3.05) is 33.8 Å². The number of nitrogens with one attached hydrogen (secondary N) is 1. The lowest BCUT2D eigenvalue weighted by Crippen LogP contribution is -2.44. The van der Waals surface area contributed by atoms with Gasteiger partial charge in [-0.3, -0.25) is 0 Å². The quantitative estimate of drug-likeness (QED) is 0.673. The first-order chi connectivity index (χ1) is 6.70. The van der Waals surface area contributed by atoms with Crippen LogP contribution in [0.4, 0.5) is 0 Å². The second-order valence-electron chi connectivity index (χ2n) is 4.45. The second-order valence-corrected chi connectivity index (χ2v) is 4.45. The molecule has 1 aliphatic heterocycles. The van der Waals surface area contributed by atoms with Gasteiger partial charge in [-0.2, -0.15) is 0 Å². The second kappa shape index (κ2) is 6.38. The van der Waals surface area contributed by atoms with Gasteiger partial charge in [0.05, 0.1) is 6.10 Å². The van der Waals surface area contributed by atoms with Gasteiger partial charge in [-0.1, -0.05) is 0 Å². The van der Waals surface area contributed by atoms with Crippen LogP contribution in [0.25, 0.3) is 0 Å². The molecule has 0 aromatic carbocycles. The van der Waals surface area contributed by atoms with E-state index in [4.69, 9.17) is 4.74 Å². The Bertz CT molecular complexity index is 150. The molecule has 1 saturated heterocycles. The smallest absolute Gasteiger partial charge is 0.0725 e. The third-order valence-corrected chi connectivity index (χ3v) is 2.77. The van der Waals surface area contributed by atoms with Crippen molar-refractivity contribution in [1.82, 2.24) is 10.2 Å².